The first-order valence-electron chi connectivity index (χ1n) is 12.6. The van der Waals surface area contributed by atoms with Crippen LogP contribution in [0.3, 0.4) is 0 Å². The van der Waals surface area contributed by atoms with E-state index in [4.69, 9.17) is 9.47 Å². The summed E-state index contributed by atoms with van der Waals surface area (Å²) >= 11 is 0. The van der Waals surface area contributed by atoms with Crippen molar-refractivity contribution in [2.75, 3.05) is 26.3 Å². The Morgan fingerprint density at radius 2 is 1.78 bits per heavy atom. The van der Waals surface area contributed by atoms with Crippen LogP contribution in [0.15, 0.2) is 73.2 Å². The molecule has 0 radical (unpaired) electrons. The van der Waals surface area contributed by atoms with Crippen molar-refractivity contribution in [2.45, 2.75) is 25.3 Å². The number of amides is 2. The second-order valence-corrected chi connectivity index (χ2v) is 9.43. The fourth-order valence-electron chi connectivity index (χ4n) is 5.08. The third-order valence-electron chi connectivity index (χ3n) is 7.14. The monoisotopic (exact) mass is 496 g/mol. The number of benzene rings is 2. The molecule has 0 aliphatic carbocycles. The molecular weight excluding hydrogens is 468 g/mol. The number of imidazole rings is 1. The Morgan fingerprint density at radius 1 is 0.973 bits per heavy atom. The number of nitrogens with one attached hydrogen (secondary N) is 1. The lowest BCUT2D eigenvalue weighted by Gasteiger charge is -2.33. The largest absolute Gasteiger partial charge is 0.486 e. The van der Waals surface area contributed by atoms with Gasteiger partial charge in [-0.2, -0.15) is 0 Å². The number of aromatic nitrogens is 2. The van der Waals surface area contributed by atoms with Crippen LogP contribution in [-0.4, -0.2) is 52.4 Å². The number of likely N-dealkylation sites (tertiary alicyclic amines) is 1. The average Bonchev–Trinajstić information content (AvgIpc) is 3.43. The fourth-order valence-corrected chi connectivity index (χ4v) is 5.08. The molecule has 1 fully saturated rings. The molecule has 4 heterocycles. The number of rotatable bonds is 5. The molecule has 6 rings (SSSR count). The number of hydrogen-bond donors (Lipinski definition) is 1. The van der Waals surface area contributed by atoms with Gasteiger partial charge in [-0.15, -0.1) is 0 Å². The molecule has 2 amide bonds. The van der Waals surface area contributed by atoms with Gasteiger partial charge >= 0.3 is 0 Å². The second kappa shape index (κ2) is 9.97. The molecule has 2 aromatic carbocycles. The molecule has 2 aliphatic heterocycles. The van der Waals surface area contributed by atoms with Crippen LogP contribution in [0.5, 0.6) is 11.5 Å². The van der Waals surface area contributed by atoms with Crippen LogP contribution in [0.4, 0.5) is 0 Å². The molecule has 1 saturated heterocycles. The van der Waals surface area contributed by atoms with Crippen molar-refractivity contribution in [3.8, 4) is 11.5 Å². The highest BCUT2D eigenvalue weighted by Crippen LogP contribution is 2.35. The van der Waals surface area contributed by atoms with Crippen LogP contribution in [-0.2, 0) is 6.54 Å². The van der Waals surface area contributed by atoms with Gasteiger partial charge in [-0.05, 0) is 66.3 Å². The number of fused-ring (bicyclic) bond motifs is 2. The topological polar surface area (TPSA) is 85.2 Å². The lowest BCUT2D eigenvalue weighted by atomic mass is 9.88. The standard InChI is InChI=1S/C29H28N4O4/c34-28(31-19-20-8-12-32-15-11-30-26(32)18-20)23-6-4-21(5-7-23)22-9-13-33(14-10-22)29(35)24-2-1-3-25-27(24)37-17-16-36-25/h1-8,11-12,15,18,22H,9-10,13-14,16-17,19H2,(H,31,34). The molecule has 8 heteroatoms. The Bertz CT molecular complexity index is 1440. The molecule has 8 nitrogen and oxygen atoms in total. The van der Waals surface area contributed by atoms with Gasteiger partial charge in [0.2, 0.25) is 0 Å². The minimum Gasteiger partial charge on any atom is -0.486 e. The van der Waals surface area contributed by atoms with Gasteiger partial charge in [-0.3, -0.25) is 9.59 Å². The van der Waals surface area contributed by atoms with E-state index >= 15 is 0 Å². The van der Waals surface area contributed by atoms with E-state index in [0.717, 1.165) is 24.1 Å². The van der Waals surface area contributed by atoms with Gasteiger partial charge < -0.3 is 24.1 Å². The third kappa shape index (κ3) is 4.74. The fraction of sp³-hybridized carbons (Fsp3) is 0.276. The van der Waals surface area contributed by atoms with Gasteiger partial charge in [-0.25, -0.2) is 4.98 Å². The summed E-state index contributed by atoms with van der Waals surface area (Å²) in [5.74, 6) is 1.42. The molecule has 0 bridgehead atoms. The van der Waals surface area contributed by atoms with E-state index in [1.54, 1.807) is 6.20 Å². The zero-order valence-corrected chi connectivity index (χ0v) is 20.4. The summed E-state index contributed by atoms with van der Waals surface area (Å²) in [6, 6.07) is 17.3. The minimum absolute atomic E-state index is 0.0141. The Labute approximate surface area is 214 Å². The Hall–Kier alpha value is -4.33. The van der Waals surface area contributed by atoms with Gasteiger partial charge in [0.15, 0.2) is 11.5 Å². The van der Waals surface area contributed by atoms with Crippen LogP contribution < -0.4 is 14.8 Å². The predicted octanol–water partition coefficient (Wildman–Crippen LogP) is 4.06. The summed E-state index contributed by atoms with van der Waals surface area (Å²) in [5.41, 5.74) is 4.25. The summed E-state index contributed by atoms with van der Waals surface area (Å²) in [4.78, 5) is 32.0. The van der Waals surface area contributed by atoms with Crippen molar-refractivity contribution in [1.29, 1.82) is 0 Å². The maximum Gasteiger partial charge on any atom is 0.257 e. The molecule has 0 saturated carbocycles. The number of pyridine rings is 1. The van der Waals surface area contributed by atoms with Crippen LogP contribution in [0.25, 0.3) is 5.65 Å². The van der Waals surface area contributed by atoms with Gasteiger partial charge in [0, 0.05) is 43.8 Å². The Balaban J connectivity index is 1.04. The summed E-state index contributed by atoms with van der Waals surface area (Å²) in [6.07, 6.45) is 7.33. The number of hydrogen-bond acceptors (Lipinski definition) is 5. The first-order valence-corrected chi connectivity index (χ1v) is 12.6. The lowest BCUT2D eigenvalue weighted by molar-refractivity contribution is 0.0702. The number of nitrogens with zero attached hydrogens (tertiary/aromatic N) is 3. The molecule has 2 aromatic heterocycles. The smallest absolute Gasteiger partial charge is 0.257 e. The zero-order chi connectivity index (χ0) is 25.2. The third-order valence-corrected chi connectivity index (χ3v) is 7.14. The summed E-state index contributed by atoms with van der Waals surface area (Å²) in [6.45, 7) is 2.75. The Kier molecular flexibility index (Phi) is 6.22. The molecule has 2 aliphatic rings. The quantitative estimate of drug-likeness (QED) is 0.451. The van der Waals surface area contributed by atoms with E-state index in [1.165, 1.54) is 5.56 Å². The first-order chi connectivity index (χ1) is 18.2. The molecule has 0 unspecified atom stereocenters. The molecular formula is C29H28N4O4. The number of para-hydroxylation sites is 1. The van der Waals surface area contributed by atoms with Crippen molar-refractivity contribution in [2.24, 2.45) is 0 Å². The van der Waals surface area contributed by atoms with Gasteiger partial charge in [-0.1, -0.05) is 18.2 Å². The number of ether oxygens (including phenoxy) is 2. The van der Waals surface area contributed by atoms with Crippen molar-refractivity contribution >= 4 is 17.5 Å². The molecule has 1 N–H and O–H groups in total. The van der Waals surface area contributed by atoms with Crippen molar-refractivity contribution < 1.29 is 19.1 Å². The summed E-state index contributed by atoms with van der Waals surface area (Å²) in [5, 5.41) is 2.99. The van der Waals surface area contributed by atoms with E-state index in [1.807, 2.05) is 76.3 Å². The van der Waals surface area contributed by atoms with Crippen molar-refractivity contribution in [3.63, 3.8) is 0 Å². The van der Waals surface area contributed by atoms with E-state index in [9.17, 15) is 9.59 Å². The highest BCUT2D eigenvalue weighted by atomic mass is 16.6. The first kappa shape index (κ1) is 23.1. The number of carbonyl (C=O) groups excluding carboxylic acids is 2. The van der Waals surface area contributed by atoms with Gasteiger partial charge in [0.05, 0.1) is 5.56 Å². The molecule has 37 heavy (non-hydrogen) atoms. The van der Waals surface area contributed by atoms with E-state index in [-0.39, 0.29) is 11.8 Å². The van der Waals surface area contributed by atoms with Crippen LogP contribution >= 0.6 is 0 Å². The predicted molar refractivity (Wildman–Crippen MR) is 138 cm³/mol. The lowest BCUT2D eigenvalue weighted by Crippen LogP contribution is -2.38. The molecule has 188 valence electrons. The van der Waals surface area contributed by atoms with E-state index < -0.39 is 0 Å². The maximum absolute atomic E-state index is 13.2. The normalized spacial score (nSPS) is 15.5. The highest BCUT2D eigenvalue weighted by Gasteiger charge is 2.28. The van der Waals surface area contributed by atoms with Gasteiger partial charge in [0.1, 0.15) is 18.9 Å². The molecule has 0 atom stereocenters. The molecule has 4 aromatic rings. The zero-order valence-electron chi connectivity index (χ0n) is 20.4. The van der Waals surface area contributed by atoms with E-state index in [2.05, 4.69) is 10.3 Å². The van der Waals surface area contributed by atoms with Gasteiger partial charge in [0.25, 0.3) is 11.8 Å². The van der Waals surface area contributed by atoms with Crippen LogP contribution in [0.2, 0.25) is 0 Å². The highest BCUT2D eigenvalue weighted by molar-refractivity contribution is 5.98. The van der Waals surface area contributed by atoms with Crippen molar-refractivity contribution in [1.82, 2.24) is 19.6 Å². The Morgan fingerprint density at radius 3 is 2.62 bits per heavy atom. The number of carbonyl (C=O) groups is 2. The minimum atomic E-state index is -0.104. The number of piperidine rings is 1. The average molecular weight is 497 g/mol. The molecule has 0 spiro atoms. The van der Waals surface area contributed by atoms with Crippen molar-refractivity contribution in [3.05, 3.63) is 95.4 Å². The van der Waals surface area contributed by atoms with Crippen LogP contribution in [0, 0.1) is 0 Å². The maximum atomic E-state index is 13.2. The van der Waals surface area contributed by atoms with Crippen LogP contribution in [0.1, 0.15) is 50.6 Å². The van der Waals surface area contributed by atoms with E-state index in [0.29, 0.717) is 61.4 Å². The summed E-state index contributed by atoms with van der Waals surface area (Å²) in [7, 11) is 0. The second-order valence-electron chi connectivity index (χ2n) is 9.43. The summed E-state index contributed by atoms with van der Waals surface area (Å²) < 4.78 is 13.3. The SMILES string of the molecule is O=C(NCc1ccn2ccnc2c1)c1ccc(C2CCN(C(=O)c3cccc4c3OCCO4)CC2)cc1.